The van der Waals surface area contributed by atoms with Crippen molar-refractivity contribution < 1.29 is 0 Å². The summed E-state index contributed by atoms with van der Waals surface area (Å²) >= 11 is 0. The maximum atomic E-state index is 12.4. The molecule has 0 aliphatic carbocycles. The van der Waals surface area contributed by atoms with Crippen LogP contribution in [0.1, 0.15) is 32.0 Å². The molecule has 2 heterocycles. The number of pyridine rings is 1. The summed E-state index contributed by atoms with van der Waals surface area (Å²) in [6.07, 6.45) is 3.34. The Kier molecular flexibility index (Phi) is 2.53. The van der Waals surface area contributed by atoms with Crippen molar-refractivity contribution in [3.63, 3.8) is 0 Å². The van der Waals surface area contributed by atoms with Crippen molar-refractivity contribution in [3.8, 4) is 0 Å². The molecule has 0 aliphatic heterocycles. The second kappa shape index (κ2) is 3.65. The van der Waals surface area contributed by atoms with E-state index in [1.165, 1.54) is 0 Å². The first-order chi connectivity index (χ1) is 7.82. The minimum absolute atomic E-state index is 0.00509. The van der Waals surface area contributed by atoms with E-state index in [-0.39, 0.29) is 11.1 Å². The maximum absolute atomic E-state index is 12.4. The quantitative estimate of drug-likeness (QED) is 0.698. The average Bonchev–Trinajstić information content (AvgIpc) is 2.21. The number of hydrogen-bond acceptors (Lipinski definition) is 3. The normalized spacial score (nSPS) is 12.1. The van der Waals surface area contributed by atoms with E-state index in [4.69, 9.17) is 0 Å². The second-order valence-electron chi connectivity index (χ2n) is 5.34. The molecule has 0 N–H and O–H groups in total. The number of fused-ring (bicyclic) bond motifs is 1. The first-order valence-electron chi connectivity index (χ1n) is 5.66. The zero-order valence-corrected chi connectivity index (χ0v) is 10.9. The van der Waals surface area contributed by atoms with Crippen LogP contribution >= 0.6 is 0 Å². The van der Waals surface area contributed by atoms with Crippen LogP contribution in [0.4, 0.5) is 0 Å². The molecule has 0 saturated heterocycles. The SMILES string of the molecule is Cc1ncc(C)c2c(=O)n(C(C)(C)C)cnc12. The van der Waals surface area contributed by atoms with Gasteiger partial charge in [-0.1, -0.05) is 0 Å². The fraction of sp³-hybridized carbons (Fsp3) is 0.462. The Hall–Kier alpha value is -1.71. The lowest BCUT2D eigenvalue weighted by Gasteiger charge is -2.22. The summed E-state index contributed by atoms with van der Waals surface area (Å²) in [6.45, 7) is 9.74. The minimum atomic E-state index is -0.262. The Labute approximate surface area is 100 Å². The predicted octanol–water partition coefficient (Wildman–Crippen LogP) is 2.16. The van der Waals surface area contributed by atoms with Crippen LogP contribution in [-0.2, 0) is 5.54 Å². The van der Waals surface area contributed by atoms with Gasteiger partial charge in [-0.25, -0.2) is 4.98 Å². The van der Waals surface area contributed by atoms with Gasteiger partial charge in [0.2, 0.25) is 0 Å². The van der Waals surface area contributed by atoms with E-state index in [0.717, 1.165) is 11.3 Å². The lowest BCUT2D eigenvalue weighted by atomic mass is 10.1. The van der Waals surface area contributed by atoms with E-state index in [1.807, 2.05) is 34.6 Å². The molecule has 0 aliphatic rings. The van der Waals surface area contributed by atoms with Crippen LogP contribution in [0, 0.1) is 13.8 Å². The van der Waals surface area contributed by atoms with Gasteiger partial charge >= 0.3 is 0 Å². The molecule has 0 amide bonds. The first-order valence-corrected chi connectivity index (χ1v) is 5.66. The van der Waals surface area contributed by atoms with Gasteiger partial charge in [0.05, 0.1) is 22.9 Å². The standard InChI is InChI=1S/C13H17N3O/c1-8-6-14-9(2)11-10(8)12(17)16(7-15-11)13(3,4)5/h6-7H,1-5H3. The summed E-state index contributed by atoms with van der Waals surface area (Å²) in [4.78, 5) is 21.0. The van der Waals surface area contributed by atoms with Crippen LogP contribution in [0.15, 0.2) is 17.3 Å². The molecule has 17 heavy (non-hydrogen) atoms. The topological polar surface area (TPSA) is 47.8 Å². The van der Waals surface area contributed by atoms with Gasteiger partial charge < -0.3 is 0 Å². The minimum Gasteiger partial charge on any atom is -0.293 e. The molecule has 0 radical (unpaired) electrons. The van der Waals surface area contributed by atoms with Crippen molar-refractivity contribution in [2.75, 3.05) is 0 Å². The molecule has 4 nitrogen and oxygen atoms in total. The first kappa shape index (κ1) is 11.8. The van der Waals surface area contributed by atoms with Crippen molar-refractivity contribution in [3.05, 3.63) is 34.1 Å². The van der Waals surface area contributed by atoms with Crippen molar-refractivity contribution in [1.29, 1.82) is 0 Å². The van der Waals surface area contributed by atoms with E-state index < -0.39 is 0 Å². The van der Waals surface area contributed by atoms with Crippen molar-refractivity contribution in [1.82, 2.24) is 14.5 Å². The lowest BCUT2D eigenvalue weighted by molar-refractivity contribution is 0.381. The third-order valence-electron chi connectivity index (χ3n) is 2.88. The largest absolute Gasteiger partial charge is 0.293 e. The smallest absolute Gasteiger partial charge is 0.262 e. The van der Waals surface area contributed by atoms with Gasteiger partial charge in [-0.3, -0.25) is 14.3 Å². The summed E-state index contributed by atoms with van der Waals surface area (Å²) in [6, 6.07) is 0. The molecule has 0 aromatic carbocycles. The zero-order chi connectivity index (χ0) is 12.8. The van der Waals surface area contributed by atoms with E-state index in [2.05, 4.69) is 9.97 Å². The van der Waals surface area contributed by atoms with Crippen LogP contribution in [0.5, 0.6) is 0 Å². The van der Waals surface area contributed by atoms with Crippen molar-refractivity contribution >= 4 is 10.9 Å². The fourth-order valence-electron chi connectivity index (χ4n) is 1.88. The highest BCUT2D eigenvalue weighted by Gasteiger charge is 2.18. The molecule has 90 valence electrons. The Balaban J connectivity index is 2.95. The Morgan fingerprint density at radius 3 is 2.41 bits per heavy atom. The molecule has 4 heteroatoms. The molecule has 0 bridgehead atoms. The monoisotopic (exact) mass is 231 g/mol. The number of hydrogen-bond donors (Lipinski definition) is 0. The third kappa shape index (κ3) is 1.84. The fourth-order valence-corrected chi connectivity index (χ4v) is 1.88. The maximum Gasteiger partial charge on any atom is 0.262 e. The molecular weight excluding hydrogens is 214 g/mol. The molecule has 2 aromatic rings. The van der Waals surface area contributed by atoms with Gasteiger partial charge in [-0.2, -0.15) is 0 Å². The molecule has 2 aromatic heterocycles. The van der Waals surface area contributed by atoms with Gasteiger partial charge in [-0.15, -0.1) is 0 Å². The summed E-state index contributed by atoms with van der Waals surface area (Å²) in [5, 5.41) is 0.676. The lowest BCUT2D eigenvalue weighted by Crippen LogP contribution is -2.34. The van der Waals surface area contributed by atoms with Gasteiger partial charge in [-0.05, 0) is 40.2 Å². The van der Waals surface area contributed by atoms with E-state index in [1.54, 1.807) is 17.1 Å². The van der Waals surface area contributed by atoms with Crippen LogP contribution in [-0.4, -0.2) is 14.5 Å². The number of aryl methyl sites for hydroxylation is 2. The van der Waals surface area contributed by atoms with Crippen LogP contribution < -0.4 is 5.56 Å². The Morgan fingerprint density at radius 1 is 1.18 bits per heavy atom. The van der Waals surface area contributed by atoms with E-state index >= 15 is 0 Å². The number of rotatable bonds is 0. The van der Waals surface area contributed by atoms with Gasteiger partial charge in [0.1, 0.15) is 0 Å². The van der Waals surface area contributed by atoms with Crippen molar-refractivity contribution in [2.24, 2.45) is 0 Å². The average molecular weight is 231 g/mol. The Bertz CT molecular complexity index is 635. The molecule has 0 atom stereocenters. The highest BCUT2D eigenvalue weighted by atomic mass is 16.1. The van der Waals surface area contributed by atoms with Crippen LogP contribution in [0.3, 0.4) is 0 Å². The van der Waals surface area contributed by atoms with Crippen LogP contribution in [0.2, 0.25) is 0 Å². The van der Waals surface area contributed by atoms with Crippen LogP contribution in [0.25, 0.3) is 10.9 Å². The summed E-state index contributed by atoms with van der Waals surface area (Å²) in [7, 11) is 0. The molecule has 0 spiro atoms. The van der Waals surface area contributed by atoms with E-state index in [0.29, 0.717) is 10.9 Å². The van der Waals surface area contributed by atoms with E-state index in [9.17, 15) is 4.79 Å². The molecule has 0 unspecified atom stereocenters. The van der Waals surface area contributed by atoms with Gasteiger partial charge in [0.15, 0.2) is 0 Å². The summed E-state index contributed by atoms with van der Waals surface area (Å²) in [5.41, 5.74) is 2.12. The summed E-state index contributed by atoms with van der Waals surface area (Å²) in [5.74, 6) is 0. The van der Waals surface area contributed by atoms with Crippen molar-refractivity contribution in [2.45, 2.75) is 40.2 Å². The highest BCUT2D eigenvalue weighted by molar-refractivity contribution is 5.82. The van der Waals surface area contributed by atoms with Gasteiger partial charge in [0.25, 0.3) is 5.56 Å². The van der Waals surface area contributed by atoms with Gasteiger partial charge in [0, 0.05) is 11.7 Å². The number of aromatic nitrogens is 3. The molecule has 0 fully saturated rings. The number of nitrogens with zero attached hydrogens (tertiary/aromatic N) is 3. The zero-order valence-electron chi connectivity index (χ0n) is 10.9. The highest BCUT2D eigenvalue weighted by Crippen LogP contribution is 2.16. The third-order valence-corrected chi connectivity index (χ3v) is 2.88. The molecule has 2 rings (SSSR count). The predicted molar refractivity (Wildman–Crippen MR) is 68.3 cm³/mol. The molecule has 0 saturated carbocycles. The Morgan fingerprint density at radius 2 is 1.82 bits per heavy atom. The molecular formula is C13H17N3O. The second-order valence-corrected chi connectivity index (χ2v) is 5.34. The summed E-state index contributed by atoms with van der Waals surface area (Å²) < 4.78 is 1.67.